The number of aryl methyl sites for hydroxylation is 1. The smallest absolute Gasteiger partial charge is 0.253 e. The van der Waals surface area contributed by atoms with Crippen LogP contribution in [-0.2, 0) is 0 Å². The molecule has 2 heterocycles. The summed E-state index contributed by atoms with van der Waals surface area (Å²) in [7, 11) is 0. The van der Waals surface area contributed by atoms with Gasteiger partial charge in [-0.2, -0.15) is 0 Å². The first-order valence-corrected chi connectivity index (χ1v) is 6.43. The fourth-order valence-electron chi connectivity index (χ4n) is 2.28. The van der Waals surface area contributed by atoms with Crippen molar-refractivity contribution in [1.82, 2.24) is 15.6 Å². The molecular formula is C14H21N3O. The van der Waals surface area contributed by atoms with Crippen molar-refractivity contribution in [3.05, 3.63) is 29.6 Å². The summed E-state index contributed by atoms with van der Waals surface area (Å²) in [6, 6.07) is 3.90. The number of nitrogens with one attached hydrogen (secondary N) is 2. The average molecular weight is 247 g/mol. The number of amides is 1. The quantitative estimate of drug-likeness (QED) is 0.833. The highest BCUT2D eigenvalue weighted by atomic mass is 16.1. The molecule has 1 saturated heterocycles. The van der Waals surface area contributed by atoms with Gasteiger partial charge >= 0.3 is 0 Å². The monoisotopic (exact) mass is 247 g/mol. The second-order valence-electron chi connectivity index (χ2n) is 5.67. The first kappa shape index (κ1) is 13.0. The summed E-state index contributed by atoms with van der Waals surface area (Å²) < 4.78 is 0. The van der Waals surface area contributed by atoms with Crippen LogP contribution in [0.4, 0.5) is 0 Å². The first-order valence-electron chi connectivity index (χ1n) is 6.43. The van der Waals surface area contributed by atoms with Crippen molar-refractivity contribution in [1.29, 1.82) is 0 Å². The normalized spacial score (nSPS) is 22.5. The van der Waals surface area contributed by atoms with Gasteiger partial charge in [0, 0.05) is 24.5 Å². The first-order chi connectivity index (χ1) is 8.49. The van der Waals surface area contributed by atoms with E-state index in [0.717, 1.165) is 25.2 Å². The molecule has 18 heavy (non-hydrogen) atoms. The van der Waals surface area contributed by atoms with Crippen LogP contribution in [0.3, 0.4) is 0 Å². The molecule has 0 radical (unpaired) electrons. The predicted molar refractivity (Wildman–Crippen MR) is 71.5 cm³/mol. The molecule has 0 bridgehead atoms. The van der Waals surface area contributed by atoms with E-state index in [-0.39, 0.29) is 17.4 Å². The fraction of sp³-hybridized carbons (Fsp3) is 0.571. The maximum Gasteiger partial charge on any atom is 0.253 e. The van der Waals surface area contributed by atoms with Gasteiger partial charge in [-0.15, -0.1) is 0 Å². The van der Waals surface area contributed by atoms with Crippen LogP contribution in [0.15, 0.2) is 18.3 Å². The molecule has 1 aromatic rings. The Bertz CT molecular complexity index is 425. The van der Waals surface area contributed by atoms with E-state index < -0.39 is 0 Å². The second kappa shape index (κ2) is 5.06. The largest absolute Gasteiger partial charge is 0.349 e. The summed E-state index contributed by atoms with van der Waals surface area (Å²) >= 11 is 0. The molecule has 1 aliphatic heterocycles. The highest BCUT2D eigenvalue weighted by molar-refractivity contribution is 5.94. The van der Waals surface area contributed by atoms with Crippen LogP contribution in [0.2, 0.25) is 0 Å². The minimum absolute atomic E-state index is 0.0255. The Labute approximate surface area is 108 Å². The van der Waals surface area contributed by atoms with E-state index in [0.29, 0.717) is 5.56 Å². The van der Waals surface area contributed by atoms with Gasteiger partial charge in [0.25, 0.3) is 5.91 Å². The third-order valence-electron chi connectivity index (χ3n) is 3.61. The van der Waals surface area contributed by atoms with Crippen LogP contribution in [-0.4, -0.2) is 30.0 Å². The van der Waals surface area contributed by atoms with Gasteiger partial charge in [0.05, 0.1) is 5.56 Å². The van der Waals surface area contributed by atoms with Crippen LogP contribution in [0, 0.1) is 12.3 Å². The van der Waals surface area contributed by atoms with E-state index in [4.69, 9.17) is 0 Å². The molecule has 2 N–H and O–H groups in total. The summed E-state index contributed by atoms with van der Waals surface area (Å²) in [4.78, 5) is 16.3. The van der Waals surface area contributed by atoms with Crippen LogP contribution in [0.1, 0.15) is 36.3 Å². The van der Waals surface area contributed by atoms with E-state index >= 15 is 0 Å². The molecule has 98 valence electrons. The number of hydrogen-bond acceptors (Lipinski definition) is 3. The van der Waals surface area contributed by atoms with Crippen molar-refractivity contribution >= 4 is 5.91 Å². The zero-order chi connectivity index (χ0) is 13.2. The number of hydrogen-bond donors (Lipinski definition) is 2. The van der Waals surface area contributed by atoms with Crippen molar-refractivity contribution in [2.45, 2.75) is 33.2 Å². The van der Waals surface area contributed by atoms with Crippen LogP contribution >= 0.6 is 0 Å². The molecule has 2 rings (SSSR count). The third-order valence-corrected chi connectivity index (χ3v) is 3.61. The van der Waals surface area contributed by atoms with Crippen molar-refractivity contribution in [2.75, 3.05) is 13.1 Å². The Morgan fingerprint density at radius 2 is 2.28 bits per heavy atom. The molecule has 1 fully saturated rings. The summed E-state index contributed by atoms with van der Waals surface area (Å²) in [6.07, 6.45) is 2.61. The van der Waals surface area contributed by atoms with Gasteiger partial charge in [0.15, 0.2) is 0 Å². The molecule has 1 atom stereocenters. The second-order valence-corrected chi connectivity index (χ2v) is 5.67. The van der Waals surface area contributed by atoms with Crippen molar-refractivity contribution in [3.8, 4) is 0 Å². The number of aromatic nitrogens is 1. The average Bonchev–Trinajstić information content (AvgIpc) is 2.32. The van der Waals surface area contributed by atoms with E-state index in [1.54, 1.807) is 6.20 Å². The molecule has 1 aromatic heterocycles. The molecule has 0 spiro atoms. The Morgan fingerprint density at radius 1 is 1.50 bits per heavy atom. The van der Waals surface area contributed by atoms with E-state index in [1.165, 1.54) is 0 Å². The van der Waals surface area contributed by atoms with Gasteiger partial charge in [0.2, 0.25) is 0 Å². The number of carbonyl (C=O) groups is 1. The number of pyridine rings is 1. The highest BCUT2D eigenvalue weighted by Crippen LogP contribution is 2.25. The van der Waals surface area contributed by atoms with Crippen molar-refractivity contribution in [2.24, 2.45) is 5.41 Å². The SMILES string of the molecule is Cc1ccc(C(=O)NC2CCNCC2(C)C)cn1. The molecule has 1 aliphatic rings. The molecule has 4 nitrogen and oxygen atoms in total. The summed E-state index contributed by atoms with van der Waals surface area (Å²) in [6.45, 7) is 8.16. The van der Waals surface area contributed by atoms with Crippen LogP contribution in [0.25, 0.3) is 0 Å². The summed E-state index contributed by atoms with van der Waals surface area (Å²) in [5.74, 6) is -0.0255. The Hall–Kier alpha value is -1.42. The lowest BCUT2D eigenvalue weighted by atomic mass is 9.80. The maximum absolute atomic E-state index is 12.1. The van der Waals surface area contributed by atoms with Gasteiger partial charge in [0.1, 0.15) is 0 Å². The topological polar surface area (TPSA) is 54.0 Å². The van der Waals surface area contributed by atoms with E-state index in [2.05, 4.69) is 29.5 Å². The zero-order valence-electron chi connectivity index (χ0n) is 11.3. The van der Waals surface area contributed by atoms with Crippen LogP contribution < -0.4 is 10.6 Å². The van der Waals surface area contributed by atoms with Crippen LogP contribution in [0.5, 0.6) is 0 Å². The van der Waals surface area contributed by atoms with Gasteiger partial charge in [-0.1, -0.05) is 13.8 Å². The Kier molecular flexibility index (Phi) is 3.66. The molecule has 1 unspecified atom stereocenters. The standard InChI is InChI=1S/C14H21N3O/c1-10-4-5-11(8-16-10)13(18)17-12-6-7-15-9-14(12,2)3/h4-5,8,12,15H,6-7,9H2,1-3H3,(H,17,18). The van der Waals surface area contributed by atoms with Gasteiger partial charge < -0.3 is 10.6 Å². The lowest BCUT2D eigenvalue weighted by Gasteiger charge is -2.39. The molecule has 4 heteroatoms. The zero-order valence-corrected chi connectivity index (χ0v) is 11.3. The van der Waals surface area contributed by atoms with Gasteiger partial charge in [-0.3, -0.25) is 9.78 Å². The number of piperidine rings is 1. The molecule has 0 saturated carbocycles. The van der Waals surface area contributed by atoms with Crippen molar-refractivity contribution in [3.63, 3.8) is 0 Å². The molecule has 0 aliphatic carbocycles. The molecular weight excluding hydrogens is 226 g/mol. The van der Waals surface area contributed by atoms with E-state index in [9.17, 15) is 4.79 Å². The lowest BCUT2D eigenvalue weighted by molar-refractivity contribution is 0.0868. The van der Waals surface area contributed by atoms with Gasteiger partial charge in [-0.25, -0.2) is 0 Å². The number of carbonyl (C=O) groups excluding carboxylic acids is 1. The number of nitrogens with zero attached hydrogens (tertiary/aromatic N) is 1. The lowest BCUT2D eigenvalue weighted by Crippen LogP contribution is -2.54. The fourth-order valence-corrected chi connectivity index (χ4v) is 2.28. The number of rotatable bonds is 2. The van der Waals surface area contributed by atoms with E-state index in [1.807, 2.05) is 19.1 Å². The summed E-state index contributed by atoms with van der Waals surface area (Å²) in [5.41, 5.74) is 1.65. The third kappa shape index (κ3) is 2.88. The highest BCUT2D eigenvalue weighted by Gasteiger charge is 2.33. The Morgan fingerprint density at radius 3 is 2.89 bits per heavy atom. The molecule has 1 amide bonds. The minimum atomic E-state index is -0.0255. The van der Waals surface area contributed by atoms with Crippen molar-refractivity contribution < 1.29 is 4.79 Å². The predicted octanol–water partition coefficient (Wildman–Crippen LogP) is 1.51. The maximum atomic E-state index is 12.1. The molecule has 0 aromatic carbocycles. The Balaban J connectivity index is 2.04. The summed E-state index contributed by atoms with van der Waals surface area (Å²) in [5, 5.41) is 6.49. The van der Waals surface area contributed by atoms with Gasteiger partial charge in [-0.05, 0) is 37.4 Å². The minimum Gasteiger partial charge on any atom is -0.349 e.